The van der Waals surface area contributed by atoms with Crippen LogP contribution in [0.2, 0.25) is 0 Å². The molecule has 3 rings (SSSR count). The van der Waals surface area contributed by atoms with Gasteiger partial charge in [-0.05, 0) is 43.2 Å². The van der Waals surface area contributed by atoms with Gasteiger partial charge in [-0.1, -0.05) is 32.0 Å². The molecule has 0 unspecified atom stereocenters. The number of unbranched alkanes of at least 4 members (excludes halogenated alkanes) is 1. The molecule has 0 aliphatic rings. The maximum absolute atomic E-state index is 11.8. The highest BCUT2D eigenvalue weighted by molar-refractivity contribution is 7.99. The van der Waals surface area contributed by atoms with E-state index in [1.165, 1.54) is 6.33 Å². The molecule has 0 radical (unpaired) electrons. The number of amides is 1. The molecule has 130 valence electrons. The van der Waals surface area contributed by atoms with Crippen molar-refractivity contribution in [3.05, 3.63) is 42.4 Å². The Morgan fingerprint density at radius 2 is 2.04 bits per heavy atom. The number of fused-ring (bicyclic) bond motifs is 1. The summed E-state index contributed by atoms with van der Waals surface area (Å²) in [5.74, 6) is 0.676. The van der Waals surface area contributed by atoms with Crippen LogP contribution >= 0.6 is 11.8 Å². The van der Waals surface area contributed by atoms with Gasteiger partial charge >= 0.3 is 0 Å². The topological polar surface area (TPSA) is 72.2 Å². The molecule has 2 aromatic heterocycles. The minimum Gasteiger partial charge on any atom is -0.326 e. The van der Waals surface area contributed by atoms with Crippen molar-refractivity contribution >= 4 is 29.1 Å². The van der Waals surface area contributed by atoms with Crippen LogP contribution in [-0.4, -0.2) is 25.5 Å². The molecule has 0 saturated heterocycles. The van der Waals surface area contributed by atoms with E-state index < -0.39 is 0 Å². The number of carbonyl (C=O) groups excluding carboxylic acids is 1. The summed E-state index contributed by atoms with van der Waals surface area (Å²) < 4.78 is 1.74. The van der Waals surface area contributed by atoms with E-state index >= 15 is 0 Å². The first-order valence-electron chi connectivity index (χ1n) is 8.47. The largest absolute Gasteiger partial charge is 0.326 e. The second-order valence-corrected chi connectivity index (χ2v) is 6.78. The Hall–Kier alpha value is -2.41. The van der Waals surface area contributed by atoms with Crippen LogP contribution < -0.4 is 5.32 Å². The maximum atomic E-state index is 11.8. The van der Waals surface area contributed by atoms with Gasteiger partial charge in [-0.2, -0.15) is 14.6 Å². The molecule has 3 aromatic rings. The van der Waals surface area contributed by atoms with E-state index in [-0.39, 0.29) is 5.91 Å². The molecular formula is C18H21N5OS. The monoisotopic (exact) mass is 355 g/mol. The van der Waals surface area contributed by atoms with Gasteiger partial charge in [0, 0.05) is 22.7 Å². The molecule has 0 fully saturated rings. The normalized spacial score (nSPS) is 11.0. The Balaban J connectivity index is 1.73. The second kappa shape index (κ2) is 8.11. The number of anilines is 1. The first-order chi connectivity index (χ1) is 12.2. The number of hydrogen-bond acceptors (Lipinski definition) is 5. The van der Waals surface area contributed by atoms with E-state index in [0.29, 0.717) is 12.2 Å². The van der Waals surface area contributed by atoms with Crippen molar-refractivity contribution in [3.63, 3.8) is 0 Å². The van der Waals surface area contributed by atoms with E-state index in [4.69, 9.17) is 0 Å². The first-order valence-corrected chi connectivity index (χ1v) is 9.28. The lowest BCUT2D eigenvalue weighted by molar-refractivity contribution is -0.116. The van der Waals surface area contributed by atoms with Crippen molar-refractivity contribution < 1.29 is 4.79 Å². The summed E-state index contributed by atoms with van der Waals surface area (Å²) in [6, 6.07) is 9.87. The molecule has 0 atom stereocenters. The zero-order chi connectivity index (χ0) is 17.6. The number of nitrogens with zero attached hydrogens (tertiary/aromatic N) is 4. The van der Waals surface area contributed by atoms with E-state index in [1.54, 1.807) is 16.3 Å². The standard InChI is InChI=1S/C18H21N5OS/c1-3-5-6-16(24)21-14-7-9-15(10-8-14)25-17-11-13(4-2)22-18-19-12-20-23(17)18/h7-12H,3-6H2,1-2H3,(H,21,24). The molecule has 2 heterocycles. The average Bonchev–Trinajstić information content (AvgIpc) is 3.10. The van der Waals surface area contributed by atoms with Gasteiger partial charge in [0.15, 0.2) is 0 Å². The van der Waals surface area contributed by atoms with E-state index in [9.17, 15) is 4.79 Å². The zero-order valence-electron chi connectivity index (χ0n) is 14.4. The SMILES string of the molecule is CCCCC(=O)Nc1ccc(Sc2cc(CC)nc3ncnn23)cc1. The lowest BCUT2D eigenvalue weighted by Gasteiger charge is -2.08. The number of aromatic nitrogens is 4. The van der Waals surface area contributed by atoms with Crippen LogP contribution in [0.3, 0.4) is 0 Å². The zero-order valence-corrected chi connectivity index (χ0v) is 15.2. The molecule has 0 saturated carbocycles. The highest BCUT2D eigenvalue weighted by Gasteiger charge is 2.09. The van der Waals surface area contributed by atoms with Crippen molar-refractivity contribution in [2.24, 2.45) is 0 Å². The van der Waals surface area contributed by atoms with Crippen LogP contribution in [0.15, 0.2) is 46.6 Å². The summed E-state index contributed by atoms with van der Waals surface area (Å²) in [6.07, 6.45) is 4.86. The second-order valence-electron chi connectivity index (χ2n) is 5.69. The van der Waals surface area contributed by atoms with E-state index in [1.807, 2.05) is 30.3 Å². The van der Waals surface area contributed by atoms with Gasteiger partial charge in [-0.25, -0.2) is 4.98 Å². The van der Waals surface area contributed by atoms with Crippen molar-refractivity contribution in [3.8, 4) is 0 Å². The minimum atomic E-state index is 0.0632. The van der Waals surface area contributed by atoms with E-state index in [0.717, 1.165) is 40.6 Å². The summed E-state index contributed by atoms with van der Waals surface area (Å²) in [5, 5.41) is 8.14. The van der Waals surface area contributed by atoms with Crippen LogP contribution in [-0.2, 0) is 11.2 Å². The third kappa shape index (κ3) is 4.36. The van der Waals surface area contributed by atoms with Gasteiger partial charge in [0.1, 0.15) is 11.4 Å². The smallest absolute Gasteiger partial charge is 0.253 e. The Morgan fingerprint density at radius 3 is 2.76 bits per heavy atom. The van der Waals surface area contributed by atoms with Crippen molar-refractivity contribution in [1.29, 1.82) is 0 Å². The molecule has 0 spiro atoms. The summed E-state index contributed by atoms with van der Waals surface area (Å²) in [4.78, 5) is 21.5. The van der Waals surface area contributed by atoms with Crippen LogP contribution in [0.5, 0.6) is 0 Å². The molecule has 1 amide bonds. The summed E-state index contributed by atoms with van der Waals surface area (Å²) in [7, 11) is 0. The quantitative estimate of drug-likeness (QED) is 0.649. The maximum Gasteiger partial charge on any atom is 0.253 e. The van der Waals surface area contributed by atoms with Gasteiger partial charge in [-0.3, -0.25) is 4.79 Å². The van der Waals surface area contributed by atoms with Gasteiger partial charge in [0.05, 0.1) is 0 Å². The Morgan fingerprint density at radius 1 is 1.24 bits per heavy atom. The number of benzene rings is 1. The highest BCUT2D eigenvalue weighted by Crippen LogP contribution is 2.29. The average molecular weight is 355 g/mol. The van der Waals surface area contributed by atoms with Crippen molar-refractivity contribution in [2.45, 2.75) is 49.5 Å². The Labute approximate surface area is 151 Å². The predicted octanol–water partition coefficient (Wildman–Crippen LogP) is 3.97. The molecule has 1 N–H and O–H groups in total. The molecule has 25 heavy (non-hydrogen) atoms. The van der Waals surface area contributed by atoms with Crippen LogP contribution in [0.25, 0.3) is 5.78 Å². The molecular weight excluding hydrogens is 334 g/mol. The summed E-state index contributed by atoms with van der Waals surface area (Å²) >= 11 is 1.60. The molecule has 0 aliphatic heterocycles. The number of rotatable bonds is 7. The summed E-state index contributed by atoms with van der Waals surface area (Å²) in [5.41, 5.74) is 1.81. The number of aryl methyl sites for hydroxylation is 1. The first kappa shape index (κ1) is 17.4. The van der Waals surface area contributed by atoms with Gasteiger partial charge in [-0.15, -0.1) is 0 Å². The van der Waals surface area contributed by atoms with Crippen LogP contribution in [0.4, 0.5) is 5.69 Å². The Kier molecular flexibility index (Phi) is 5.65. The molecule has 1 aromatic carbocycles. The fourth-order valence-corrected chi connectivity index (χ4v) is 3.30. The van der Waals surface area contributed by atoms with Crippen LogP contribution in [0, 0.1) is 0 Å². The third-order valence-corrected chi connectivity index (χ3v) is 4.76. The molecule has 6 nitrogen and oxygen atoms in total. The lowest BCUT2D eigenvalue weighted by Crippen LogP contribution is -2.10. The lowest BCUT2D eigenvalue weighted by atomic mass is 10.2. The molecule has 0 bridgehead atoms. The third-order valence-electron chi connectivity index (χ3n) is 3.75. The van der Waals surface area contributed by atoms with Crippen molar-refractivity contribution in [2.75, 3.05) is 5.32 Å². The molecule has 0 aliphatic carbocycles. The highest BCUT2D eigenvalue weighted by atomic mass is 32.2. The predicted molar refractivity (Wildman–Crippen MR) is 98.9 cm³/mol. The van der Waals surface area contributed by atoms with Gasteiger partial charge in [0.25, 0.3) is 5.78 Å². The van der Waals surface area contributed by atoms with Crippen molar-refractivity contribution in [1.82, 2.24) is 19.6 Å². The van der Waals surface area contributed by atoms with Gasteiger partial charge in [0.2, 0.25) is 5.91 Å². The minimum absolute atomic E-state index is 0.0632. The number of carbonyl (C=O) groups is 1. The fourth-order valence-electron chi connectivity index (χ4n) is 2.37. The Bertz CT molecular complexity index is 860. The molecule has 7 heteroatoms. The number of nitrogens with one attached hydrogen (secondary N) is 1. The van der Waals surface area contributed by atoms with Crippen LogP contribution in [0.1, 0.15) is 38.8 Å². The van der Waals surface area contributed by atoms with E-state index in [2.05, 4.69) is 34.2 Å². The number of hydrogen-bond donors (Lipinski definition) is 1. The van der Waals surface area contributed by atoms with Gasteiger partial charge < -0.3 is 5.32 Å². The fraction of sp³-hybridized carbons (Fsp3) is 0.333. The summed E-state index contributed by atoms with van der Waals surface area (Å²) in [6.45, 7) is 4.15.